The van der Waals surface area contributed by atoms with Crippen molar-refractivity contribution >= 4 is 45.5 Å². The van der Waals surface area contributed by atoms with Crippen LogP contribution in [0.25, 0.3) is 0 Å². The number of ether oxygens (including phenoxy) is 2. The summed E-state index contributed by atoms with van der Waals surface area (Å²) in [5.74, 6) is -1.55. The molecule has 0 atom stereocenters. The Morgan fingerprint density at radius 3 is 2.58 bits per heavy atom. The molecule has 0 radical (unpaired) electrons. The summed E-state index contributed by atoms with van der Waals surface area (Å²) in [6.07, 6.45) is 0.736. The van der Waals surface area contributed by atoms with Crippen molar-refractivity contribution in [3.63, 3.8) is 0 Å². The van der Waals surface area contributed by atoms with Gasteiger partial charge in [0.15, 0.2) is 6.61 Å². The fourth-order valence-corrected chi connectivity index (χ4v) is 3.45. The van der Waals surface area contributed by atoms with E-state index in [0.29, 0.717) is 16.1 Å². The van der Waals surface area contributed by atoms with Gasteiger partial charge in [0.25, 0.3) is 5.91 Å². The van der Waals surface area contributed by atoms with E-state index in [1.165, 1.54) is 22.7 Å². The Hall–Kier alpha value is -2.19. The highest BCUT2D eigenvalue weighted by atomic mass is 32.1. The number of thiophene rings is 2. The van der Waals surface area contributed by atoms with Crippen molar-refractivity contribution in [1.82, 2.24) is 0 Å². The van der Waals surface area contributed by atoms with Crippen LogP contribution in [0.1, 0.15) is 39.4 Å². The third kappa shape index (κ3) is 4.65. The van der Waals surface area contributed by atoms with Gasteiger partial charge in [-0.2, -0.15) is 11.3 Å². The highest BCUT2D eigenvalue weighted by molar-refractivity contribution is 7.16. The van der Waals surface area contributed by atoms with Crippen LogP contribution in [0.5, 0.6) is 0 Å². The molecule has 2 aromatic rings. The van der Waals surface area contributed by atoms with Gasteiger partial charge in [-0.05, 0) is 30.9 Å². The number of amides is 1. The van der Waals surface area contributed by atoms with Crippen LogP contribution in [-0.4, -0.2) is 31.1 Å². The molecule has 0 saturated heterocycles. The minimum atomic E-state index is -0.558. The number of hydrogen-bond donors (Lipinski definition) is 1. The maximum atomic E-state index is 12.0. The van der Waals surface area contributed by atoms with Gasteiger partial charge in [-0.15, -0.1) is 11.3 Å². The van der Waals surface area contributed by atoms with Crippen LogP contribution in [0.3, 0.4) is 0 Å². The van der Waals surface area contributed by atoms with Crippen LogP contribution >= 0.6 is 22.7 Å². The van der Waals surface area contributed by atoms with Crippen molar-refractivity contribution in [3.05, 3.63) is 38.9 Å². The molecule has 0 bridgehead atoms. The molecular formula is C16H17NO5S2. The van der Waals surface area contributed by atoms with Crippen molar-refractivity contribution in [2.24, 2.45) is 0 Å². The van der Waals surface area contributed by atoms with Crippen LogP contribution in [0.4, 0.5) is 5.00 Å². The summed E-state index contributed by atoms with van der Waals surface area (Å²) in [5.41, 5.74) is 0.723. The van der Waals surface area contributed by atoms with Crippen molar-refractivity contribution in [2.45, 2.75) is 20.3 Å². The predicted octanol–water partition coefficient (Wildman–Crippen LogP) is 3.34. The zero-order valence-electron chi connectivity index (χ0n) is 13.3. The molecule has 0 aromatic carbocycles. The Labute approximate surface area is 147 Å². The van der Waals surface area contributed by atoms with Crippen LogP contribution < -0.4 is 5.32 Å². The second-order valence-electron chi connectivity index (χ2n) is 4.67. The molecule has 1 N–H and O–H groups in total. The molecule has 8 heteroatoms. The summed E-state index contributed by atoms with van der Waals surface area (Å²) < 4.78 is 9.93. The molecule has 0 aliphatic heterocycles. The lowest BCUT2D eigenvalue weighted by atomic mass is 10.2. The van der Waals surface area contributed by atoms with Gasteiger partial charge in [0, 0.05) is 10.3 Å². The molecule has 128 valence electrons. The number of hydrogen-bond acceptors (Lipinski definition) is 7. The monoisotopic (exact) mass is 367 g/mol. The van der Waals surface area contributed by atoms with Crippen LogP contribution in [-0.2, 0) is 20.7 Å². The first-order valence-electron chi connectivity index (χ1n) is 7.34. The maximum Gasteiger partial charge on any atom is 0.341 e. The molecule has 2 aromatic heterocycles. The summed E-state index contributed by atoms with van der Waals surface area (Å²) in [5, 5.41) is 6.41. The highest BCUT2D eigenvalue weighted by Crippen LogP contribution is 2.29. The molecule has 1 amide bonds. The zero-order chi connectivity index (χ0) is 17.5. The quantitative estimate of drug-likeness (QED) is 0.759. The van der Waals surface area contributed by atoms with E-state index in [4.69, 9.17) is 9.47 Å². The number of aryl methyl sites for hydroxylation is 1. The van der Waals surface area contributed by atoms with Crippen LogP contribution in [0.15, 0.2) is 22.9 Å². The molecule has 0 fully saturated rings. The summed E-state index contributed by atoms with van der Waals surface area (Å²) in [6, 6.07) is 3.33. The third-order valence-corrected chi connectivity index (χ3v) is 4.85. The number of carbonyl (C=O) groups excluding carboxylic acids is 3. The van der Waals surface area contributed by atoms with Crippen molar-refractivity contribution < 1.29 is 23.9 Å². The fourth-order valence-electron chi connectivity index (χ4n) is 1.83. The number of esters is 2. The molecule has 0 unspecified atom stereocenters. The molecule has 2 heterocycles. The minimum absolute atomic E-state index is 0.252. The first kappa shape index (κ1) is 18.2. The van der Waals surface area contributed by atoms with E-state index in [9.17, 15) is 14.4 Å². The molecule has 0 aliphatic carbocycles. The van der Waals surface area contributed by atoms with E-state index in [1.54, 1.807) is 29.8 Å². The van der Waals surface area contributed by atoms with E-state index in [-0.39, 0.29) is 6.61 Å². The van der Waals surface area contributed by atoms with Gasteiger partial charge in [-0.25, -0.2) is 9.59 Å². The lowest BCUT2D eigenvalue weighted by molar-refractivity contribution is -0.119. The van der Waals surface area contributed by atoms with Gasteiger partial charge < -0.3 is 14.8 Å². The number of rotatable bonds is 7. The van der Waals surface area contributed by atoms with E-state index in [1.807, 2.05) is 6.92 Å². The third-order valence-electron chi connectivity index (χ3n) is 2.97. The summed E-state index contributed by atoms with van der Waals surface area (Å²) in [7, 11) is 0. The maximum absolute atomic E-state index is 12.0. The molecule has 2 rings (SSSR count). The second-order valence-corrected chi connectivity index (χ2v) is 6.58. The largest absolute Gasteiger partial charge is 0.462 e. The highest BCUT2D eigenvalue weighted by Gasteiger charge is 2.19. The standard InChI is InChI=1S/C16H17NO5S2/c1-3-11-7-12(16(20)21-4-2)14(24-11)17-13(18)8-22-15(19)10-5-6-23-9-10/h5-7,9H,3-4,8H2,1-2H3,(H,17,18). The van der Waals surface area contributed by atoms with Crippen molar-refractivity contribution in [3.8, 4) is 0 Å². The summed E-state index contributed by atoms with van der Waals surface area (Å²) >= 11 is 2.67. The molecule has 0 aliphatic rings. The van der Waals surface area contributed by atoms with Crippen molar-refractivity contribution in [1.29, 1.82) is 0 Å². The van der Waals surface area contributed by atoms with Crippen LogP contribution in [0.2, 0.25) is 0 Å². The predicted molar refractivity (Wildman–Crippen MR) is 92.9 cm³/mol. The number of anilines is 1. The Morgan fingerprint density at radius 1 is 1.17 bits per heavy atom. The first-order valence-corrected chi connectivity index (χ1v) is 9.10. The average Bonchev–Trinajstić information content (AvgIpc) is 3.22. The number of carbonyl (C=O) groups is 3. The lowest BCUT2D eigenvalue weighted by Crippen LogP contribution is -2.21. The van der Waals surface area contributed by atoms with E-state index < -0.39 is 24.5 Å². The Kier molecular flexibility index (Phi) is 6.51. The molecule has 0 spiro atoms. The van der Waals surface area contributed by atoms with E-state index >= 15 is 0 Å². The normalized spacial score (nSPS) is 10.2. The van der Waals surface area contributed by atoms with Crippen molar-refractivity contribution in [2.75, 3.05) is 18.5 Å². The SMILES string of the molecule is CCOC(=O)c1cc(CC)sc1NC(=O)COC(=O)c1ccsc1. The minimum Gasteiger partial charge on any atom is -0.462 e. The molecule has 6 nitrogen and oxygen atoms in total. The second kappa shape index (κ2) is 8.60. The fraction of sp³-hybridized carbons (Fsp3) is 0.312. The number of nitrogens with one attached hydrogen (secondary N) is 1. The van der Waals surface area contributed by atoms with E-state index in [0.717, 1.165) is 11.3 Å². The molecule has 24 heavy (non-hydrogen) atoms. The van der Waals surface area contributed by atoms with Gasteiger partial charge in [0.2, 0.25) is 0 Å². The lowest BCUT2D eigenvalue weighted by Gasteiger charge is -2.06. The van der Waals surface area contributed by atoms with Crippen LogP contribution in [0, 0.1) is 0 Å². The molecule has 0 saturated carbocycles. The van der Waals surface area contributed by atoms with Gasteiger partial charge in [-0.3, -0.25) is 4.79 Å². The summed E-state index contributed by atoms with van der Waals surface area (Å²) in [4.78, 5) is 36.6. The average molecular weight is 367 g/mol. The van der Waals surface area contributed by atoms with Gasteiger partial charge in [0.05, 0.1) is 17.7 Å². The smallest absolute Gasteiger partial charge is 0.341 e. The Balaban J connectivity index is 1.99. The van der Waals surface area contributed by atoms with E-state index in [2.05, 4.69) is 5.32 Å². The van der Waals surface area contributed by atoms with Gasteiger partial charge in [-0.1, -0.05) is 6.92 Å². The van der Waals surface area contributed by atoms with Gasteiger partial charge in [0.1, 0.15) is 5.00 Å². The molecular weight excluding hydrogens is 350 g/mol. The first-order chi connectivity index (χ1) is 11.5. The zero-order valence-corrected chi connectivity index (χ0v) is 14.9. The summed E-state index contributed by atoms with van der Waals surface area (Å²) in [6.45, 7) is 3.50. The Bertz CT molecular complexity index is 721. The topological polar surface area (TPSA) is 81.7 Å². The Morgan fingerprint density at radius 2 is 1.96 bits per heavy atom. The van der Waals surface area contributed by atoms with Gasteiger partial charge >= 0.3 is 11.9 Å².